The molecule has 5 atom stereocenters. The van der Waals surface area contributed by atoms with Gasteiger partial charge in [-0.05, 0) is 6.92 Å². The summed E-state index contributed by atoms with van der Waals surface area (Å²) in [5.74, 6) is 0.0856. The maximum absolute atomic E-state index is 9.83. The molecule has 3 heteroatoms. The molecule has 2 bridgehead atoms. The van der Waals surface area contributed by atoms with Gasteiger partial charge in [0.2, 0.25) is 0 Å². The fourth-order valence-corrected chi connectivity index (χ4v) is 2.28. The van der Waals surface area contributed by atoms with E-state index in [4.69, 9.17) is 16.3 Å². The summed E-state index contributed by atoms with van der Waals surface area (Å²) in [6, 6.07) is 0. The number of hydrogen-bond donors (Lipinski definition) is 1. The molecule has 12 heavy (non-hydrogen) atoms. The summed E-state index contributed by atoms with van der Waals surface area (Å²) >= 11 is 6.18. The molecule has 0 amide bonds. The second kappa shape index (κ2) is 2.47. The van der Waals surface area contributed by atoms with Crippen molar-refractivity contribution in [3.8, 4) is 0 Å². The highest BCUT2D eigenvalue weighted by Crippen LogP contribution is 2.42. The largest absolute Gasteiger partial charge is 0.391 e. The lowest BCUT2D eigenvalue weighted by atomic mass is 9.85. The molecule has 0 spiro atoms. The Morgan fingerprint density at radius 2 is 2.17 bits per heavy atom. The van der Waals surface area contributed by atoms with Crippen molar-refractivity contribution >= 4 is 11.6 Å². The van der Waals surface area contributed by atoms with E-state index in [1.54, 1.807) is 0 Å². The quantitative estimate of drug-likeness (QED) is 0.459. The van der Waals surface area contributed by atoms with Crippen molar-refractivity contribution in [2.75, 3.05) is 0 Å². The zero-order chi connectivity index (χ0) is 8.93. The minimum absolute atomic E-state index is 0.0526. The minimum atomic E-state index is -0.664. The molecule has 0 aromatic rings. The van der Waals surface area contributed by atoms with E-state index in [9.17, 15) is 5.11 Å². The normalized spacial score (nSPS) is 57.7. The zero-order valence-corrected chi connectivity index (χ0v) is 7.95. The Bertz CT molecular complexity index is 225. The molecule has 1 fully saturated rings. The number of hydrogen-bond acceptors (Lipinski definition) is 2. The van der Waals surface area contributed by atoms with Gasteiger partial charge in [-0.3, -0.25) is 0 Å². The lowest BCUT2D eigenvalue weighted by Gasteiger charge is -2.42. The first-order valence-corrected chi connectivity index (χ1v) is 4.62. The first-order chi connectivity index (χ1) is 5.53. The fraction of sp³-hybridized carbons (Fsp3) is 0.778. The van der Waals surface area contributed by atoms with Crippen LogP contribution in [0.2, 0.25) is 0 Å². The van der Waals surface area contributed by atoms with Gasteiger partial charge in [-0.1, -0.05) is 19.1 Å². The van der Waals surface area contributed by atoms with E-state index in [-0.39, 0.29) is 18.1 Å². The highest BCUT2D eigenvalue weighted by molar-refractivity contribution is 6.24. The molecule has 0 radical (unpaired) electrons. The molecule has 2 rings (SSSR count). The van der Waals surface area contributed by atoms with Gasteiger partial charge in [0, 0.05) is 5.92 Å². The fourth-order valence-electron chi connectivity index (χ4n) is 1.95. The van der Waals surface area contributed by atoms with Gasteiger partial charge in [0.1, 0.15) is 0 Å². The molecule has 2 aliphatic rings. The Labute approximate surface area is 77.2 Å². The maximum atomic E-state index is 9.83. The van der Waals surface area contributed by atoms with E-state index in [0.717, 1.165) is 0 Å². The van der Waals surface area contributed by atoms with E-state index >= 15 is 0 Å². The van der Waals surface area contributed by atoms with Crippen molar-refractivity contribution in [1.82, 2.24) is 0 Å². The van der Waals surface area contributed by atoms with Gasteiger partial charge >= 0.3 is 0 Å². The molecule has 2 nitrogen and oxygen atoms in total. The van der Waals surface area contributed by atoms with Crippen molar-refractivity contribution in [1.29, 1.82) is 0 Å². The van der Waals surface area contributed by atoms with Crippen LogP contribution in [0.5, 0.6) is 0 Å². The van der Waals surface area contributed by atoms with Gasteiger partial charge in [0.15, 0.2) is 0 Å². The van der Waals surface area contributed by atoms with Crippen LogP contribution in [0.3, 0.4) is 0 Å². The van der Waals surface area contributed by atoms with Crippen molar-refractivity contribution in [3.05, 3.63) is 12.2 Å². The average molecular weight is 189 g/mol. The van der Waals surface area contributed by atoms with Crippen molar-refractivity contribution in [2.45, 2.75) is 37.0 Å². The lowest BCUT2D eigenvalue weighted by Crippen LogP contribution is -2.54. The molecule has 0 unspecified atom stereocenters. The van der Waals surface area contributed by atoms with E-state index in [2.05, 4.69) is 0 Å². The third-order valence-corrected chi connectivity index (χ3v) is 3.37. The summed E-state index contributed by atoms with van der Waals surface area (Å²) in [6.07, 6.45) is 3.38. The van der Waals surface area contributed by atoms with Crippen LogP contribution in [0, 0.1) is 5.92 Å². The van der Waals surface area contributed by atoms with Crippen molar-refractivity contribution in [3.63, 3.8) is 0 Å². The Morgan fingerprint density at radius 1 is 1.50 bits per heavy atom. The second-order valence-corrected chi connectivity index (χ2v) is 4.68. The Balaban J connectivity index is 2.32. The van der Waals surface area contributed by atoms with Gasteiger partial charge in [0.25, 0.3) is 0 Å². The summed E-state index contributed by atoms with van der Waals surface area (Å²) in [6.45, 7) is 3.79. The van der Waals surface area contributed by atoms with Crippen LogP contribution in [0.4, 0.5) is 0 Å². The highest BCUT2D eigenvalue weighted by Gasteiger charge is 2.51. The molecule has 0 aromatic heterocycles. The van der Waals surface area contributed by atoms with Crippen LogP contribution in [0.1, 0.15) is 13.8 Å². The smallest absolute Gasteiger partial charge is 0.0979 e. The van der Waals surface area contributed by atoms with Crippen LogP contribution < -0.4 is 0 Å². The SMILES string of the molecule is C[C@@H]1[C@@H](O)[C@@](C)(Cl)[C@@H]2C=C[C@H]1O2. The molecule has 0 saturated carbocycles. The number of fused-ring (bicyclic) bond motifs is 2. The standard InChI is InChI=1S/C9H13ClO2/c1-5-6-3-4-7(12-6)9(2,10)8(5)11/h3-8,11H,1-2H3/t5-,6+,7-,8+,9-/m0/s1. The van der Waals surface area contributed by atoms with E-state index in [0.29, 0.717) is 0 Å². The summed E-state index contributed by atoms with van der Waals surface area (Å²) in [4.78, 5) is -0.664. The molecular formula is C9H13ClO2. The molecule has 0 aliphatic carbocycles. The first-order valence-electron chi connectivity index (χ1n) is 4.24. The van der Waals surface area contributed by atoms with Crippen LogP contribution in [-0.4, -0.2) is 28.3 Å². The predicted molar refractivity (Wildman–Crippen MR) is 47.2 cm³/mol. The van der Waals surface area contributed by atoms with Gasteiger partial charge in [-0.15, -0.1) is 11.6 Å². The number of alkyl halides is 1. The molecule has 2 heterocycles. The summed E-state index contributed by atoms with van der Waals surface area (Å²) in [5.41, 5.74) is 0. The van der Waals surface area contributed by atoms with Gasteiger partial charge in [0.05, 0.1) is 23.2 Å². The molecule has 0 aromatic carbocycles. The number of rotatable bonds is 0. The first kappa shape index (κ1) is 8.54. The number of halogens is 1. The monoisotopic (exact) mass is 188 g/mol. The average Bonchev–Trinajstić information content (AvgIpc) is 2.46. The second-order valence-electron chi connectivity index (χ2n) is 3.86. The number of ether oxygens (including phenoxy) is 1. The Kier molecular flexibility index (Phi) is 1.76. The third kappa shape index (κ3) is 0.951. The van der Waals surface area contributed by atoms with E-state index in [1.807, 2.05) is 26.0 Å². The summed E-state index contributed by atoms with van der Waals surface area (Å²) in [5, 5.41) is 9.83. The predicted octanol–water partition coefficient (Wildman–Crippen LogP) is 1.32. The molecule has 68 valence electrons. The molecule has 2 aliphatic heterocycles. The molecular weight excluding hydrogens is 176 g/mol. The van der Waals surface area contributed by atoms with Crippen LogP contribution >= 0.6 is 11.6 Å². The zero-order valence-electron chi connectivity index (χ0n) is 7.20. The highest BCUT2D eigenvalue weighted by atomic mass is 35.5. The van der Waals surface area contributed by atoms with Gasteiger partial charge in [-0.2, -0.15) is 0 Å². The van der Waals surface area contributed by atoms with Gasteiger partial charge < -0.3 is 9.84 Å². The maximum Gasteiger partial charge on any atom is 0.0979 e. The van der Waals surface area contributed by atoms with Crippen LogP contribution in [0.15, 0.2) is 12.2 Å². The van der Waals surface area contributed by atoms with Crippen molar-refractivity contribution in [2.24, 2.45) is 5.92 Å². The Hall–Kier alpha value is -0.0500. The third-order valence-electron chi connectivity index (χ3n) is 2.93. The van der Waals surface area contributed by atoms with E-state index in [1.165, 1.54) is 0 Å². The topological polar surface area (TPSA) is 29.5 Å². The number of aliphatic hydroxyl groups excluding tert-OH is 1. The van der Waals surface area contributed by atoms with Crippen LogP contribution in [-0.2, 0) is 4.74 Å². The lowest BCUT2D eigenvalue weighted by molar-refractivity contribution is -0.104. The van der Waals surface area contributed by atoms with Crippen LogP contribution in [0.25, 0.3) is 0 Å². The Morgan fingerprint density at radius 3 is 2.83 bits per heavy atom. The molecule has 1 saturated heterocycles. The summed E-state index contributed by atoms with van der Waals surface area (Å²) in [7, 11) is 0. The molecule has 1 N–H and O–H groups in total. The van der Waals surface area contributed by atoms with Gasteiger partial charge in [-0.25, -0.2) is 0 Å². The van der Waals surface area contributed by atoms with E-state index < -0.39 is 11.0 Å². The number of aliphatic hydroxyl groups is 1. The van der Waals surface area contributed by atoms with Crippen molar-refractivity contribution < 1.29 is 9.84 Å². The minimum Gasteiger partial charge on any atom is -0.391 e. The summed E-state index contributed by atoms with van der Waals surface area (Å²) < 4.78 is 5.59.